The molecule has 0 aliphatic carbocycles. The fourth-order valence-corrected chi connectivity index (χ4v) is 2.27. The minimum Gasteiger partial charge on any atom is -0.354 e. The molecule has 1 aromatic rings. The number of aliphatic imine (C=N–C) groups is 1. The molecule has 8 heteroatoms. The highest BCUT2D eigenvalue weighted by Crippen LogP contribution is 2.22. The standard InChI is InChI=1S/C16H24Cl2N4O.HI/c1-4-5-10-22(3)16(19-2)21-9-8-20-15(23)12-6-7-13(17)14(18)11-12;/h6-7,11H,4-5,8-10H2,1-3H3,(H,19,21)(H,20,23);1H. The fraction of sp³-hybridized carbons (Fsp3) is 0.500. The SMILES string of the molecule is CCCCN(C)C(=NC)NCCNC(=O)c1ccc(Cl)c(Cl)c1.I. The molecule has 0 saturated heterocycles. The maximum absolute atomic E-state index is 12.0. The zero-order valence-electron chi connectivity index (χ0n) is 14.2. The zero-order valence-corrected chi connectivity index (χ0v) is 18.1. The first-order valence-corrected chi connectivity index (χ1v) is 8.40. The summed E-state index contributed by atoms with van der Waals surface area (Å²) in [5, 5.41) is 6.85. The van der Waals surface area contributed by atoms with Gasteiger partial charge in [-0.15, -0.1) is 24.0 Å². The molecule has 24 heavy (non-hydrogen) atoms. The van der Waals surface area contributed by atoms with Crippen LogP contribution in [0.3, 0.4) is 0 Å². The third-order valence-electron chi connectivity index (χ3n) is 3.30. The van der Waals surface area contributed by atoms with Crippen molar-refractivity contribution in [1.29, 1.82) is 0 Å². The molecule has 0 aliphatic heterocycles. The van der Waals surface area contributed by atoms with E-state index in [1.165, 1.54) is 0 Å². The van der Waals surface area contributed by atoms with Crippen LogP contribution in [0.25, 0.3) is 0 Å². The molecule has 0 aromatic heterocycles. The number of amides is 1. The number of rotatable bonds is 7. The summed E-state index contributed by atoms with van der Waals surface area (Å²) >= 11 is 11.7. The van der Waals surface area contributed by atoms with E-state index in [1.807, 2.05) is 7.05 Å². The highest BCUT2D eigenvalue weighted by atomic mass is 127. The van der Waals surface area contributed by atoms with Crippen LogP contribution in [0.4, 0.5) is 0 Å². The molecule has 0 aliphatic rings. The van der Waals surface area contributed by atoms with E-state index in [2.05, 4.69) is 27.4 Å². The van der Waals surface area contributed by atoms with Crippen molar-refractivity contribution in [2.75, 3.05) is 33.7 Å². The third kappa shape index (κ3) is 7.90. The van der Waals surface area contributed by atoms with Gasteiger partial charge in [-0.05, 0) is 24.6 Å². The second-order valence-corrected chi connectivity index (χ2v) is 5.95. The lowest BCUT2D eigenvalue weighted by Crippen LogP contribution is -2.42. The topological polar surface area (TPSA) is 56.7 Å². The lowest BCUT2D eigenvalue weighted by molar-refractivity contribution is 0.0954. The first kappa shape index (κ1) is 23.3. The van der Waals surface area contributed by atoms with Gasteiger partial charge >= 0.3 is 0 Å². The normalized spacial score (nSPS) is 10.8. The second kappa shape index (κ2) is 12.6. The molecule has 5 nitrogen and oxygen atoms in total. The molecule has 0 bridgehead atoms. The maximum atomic E-state index is 12.0. The average Bonchev–Trinajstić information content (AvgIpc) is 2.55. The quantitative estimate of drug-likeness (QED) is 0.267. The van der Waals surface area contributed by atoms with Gasteiger partial charge in [0.2, 0.25) is 0 Å². The highest BCUT2D eigenvalue weighted by molar-refractivity contribution is 14.0. The number of guanidine groups is 1. The maximum Gasteiger partial charge on any atom is 0.251 e. The Hall–Kier alpha value is -0.730. The number of benzene rings is 1. The Morgan fingerprint density at radius 1 is 1.21 bits per heavy atom. The van der Waals surface area contributed by atoms with Crippen LogP contribution < -0.4 is 10.6 Å². The van der Waals surface area contributed by atoms with Gasteiger partial charge in [-0.3, -0.25) is 9.79 Å². The molecule has 0 spiro atoms. The number of hydrogen-bond acceptors (Lipinski definition) is 2. The molecule has 1 amide bonds. The Morgan fingerprint density at radius 2 is 1.88 bits per heavy atom. The van der Waals surface area contributed by atoms with Crippen LogP contribution in [-0.2, 0) is 0 Å². The molecule has 136 valence electrons. The van der Waals surface area contributed by atoms with Crippen LogP contribution >= 0.6 is 47.2 Å². The van der Waals surface area contributed by atoms with E-state index in [0.29, 0.717) is 28.7 Å². The number of carbonyl (C=O) groups excluding carboxylic acids is 1. The summed E-state index contributed by atoms with van der Waals surface area (Å²) in [6.07, 6.45) is 2.26. The van der Waals surface area contributed by atoms with Crippen molar-refractivity contribution in [3.63, 3.8) is 0 Å². The van der Waals surface area contributed by atoms with E-state index >= 15 is 0 Å². The number of nitrogens with one attached hydrogen (secondary N) is 2. The van der Waals surface area contributed by atoms with Gasteiger partial charge in [0.05, 0.1) is 10.0 Å². The van der Waals surface area contributed by atoms with Crippen molar-refractivity contribution in [2.24, 2.45) is 4.99 Å². The van der Waals surface area contributed by atoms with Crippen molar-refractivity contribution in [3.05, 3.63) is 33.8 Å². The Kier molecular flexibility index (Phi) is 12.2. The van der Waals surface area contributed by atoms with Gasteiger partial charge in [-0.2, -0.15) is 0 Å². The Balaban J connectivity index is 0.00000529. The molecular formula is C16H25Cl2IN4O. The summed E-state index contributed by atoms with van der Waals surface area (Å²) in [5.41, 5.74) is 0.490. The van der Waals surface area contributed by atoms with Crippen molar-refractivity contribution in [3.8, 4) is 0 Å². The molecule has 0 radical (unpaired) electrons. The van der Waals surface area contributed by atoms with Gasteiger partial charge in [-0.1, -0.05) is 36.5 Å². The highest BCUT2D eigenvalue weighted by Gasteiger charge is 2.08. The van der Waals surface area contributed by atoms with Gasteiger partial charge in [0, 0.05) is 39.3 Å². The van der Waals surface area contributed by atoms with Crippen LogP contribution in [0.15, 0.2) is 23.2 Å². The average molecular weight is 487 g/mol. The van der Waals surface area contributed by atoms with E-state index in [4.69, 9.17) is 23.2 Å². The molecule has 0 heterocycles. The first-order valence-electron chi connectivity index (χ1n) is 7.64. The Bertz CT molecular complexity index is 555. The lowest BCUT2D eigenvalue weighted by atomic mass is 10.2. The van der Waals surface area contributed by atoms with Gasteiger partial charge in [-0.25, -0.2) is 0 Å². The molecule has 0 atom stereocenters. The van der Waals surface area contributed by atoms with E-state index in [-0.39, 0.29) is 29.9 Å². The van der Waals surface area contributed by atoms with Crippen LogP contribution in [0.1, 0.15) is 30.1 Å². The zero-order chi connectivity index (χ0) is 17.2. The van der Waals surface area contributed by atoms with Gasteiger partial charge in [0.25, 0.3) is 5.91 Å². The van der Waals surface area contributed by atoms with Crippen molar-refractivity contribution < 1.29 is 4.79 Å². The number of halogens is 3. The van der Waals surface area contributed by atoms with Crippen molar-refractivity contribution >= 4 is 59.0 Å². The van der Waals surface area contributed by atoms with Gasteiger partial charge < -0.3 is 15.5 Å². The van der Waals surface area contributed by atoms with Crippen LogP contribution in [-0.4, -0.2) is 50.5 Å². The minimum absolute atomic E-state index is 0. The van der Waals surface area contributed by atoms with E-state index in [0.717, 1.165) is 25.3 Å². The van der Waals surface area contributed by atoms with Crippen LogP contribution in [0.2, 0.25) is 10.0 Å². The van der Waals surface area contributed by atoms with Crippen molar-refractivity contribution in [2.45, 2.75) is 19.8 Å². The molecule has 0 unspecified atom stereocenters. The predicted octanol–water partition coefficient (Wildman–Crippen LogP) is 3.65. The van der Waals surface area contributed by atoms with Crippen LogP contribution in [0, 0.1) is 0 Å². The summed E-state index contributed by atoms with van der Waals surface area (Å²) < 4.78 is 0. The fourth-order valence-electron chi connectivity index (χ4n) is 1.98. The molecule has 0 saturated carbocycles. The summed E-state index contributed by atoms with van der Waals surface area (Å²) in [4.78, 5) is 18.3. The summed E-state index contributed by atoms with van der Waals surface area (Å²) in [6, 6.07) is 4.82. The predicted molar refractivity (Wildman–Crippen MR) is 113 cm³/mol. The Morgan fingerprint density at radius 3 is 2.46 bits per heavy atom. The van der Waals surface area contributed by atoms with Crippen LogP contribution in [0.5, 0.6) is 0 Å². The largest absolute Gasteiger partial charge is 0.354 e. The Labute approximate surface area is 171 Å². The first-order chi connectivity index (χ1) is 11.0. The summed E-state index contributed by atoms with van der Waals surface area (Å²) in [7, 11) is 3.75. The molecular weight excluding hydrogens is 462 g/mol. The molecule has 1 aromatic carbocycles. The molecule has 1 rings (SSSR count). The van der Waals surface area contributed by atoms with Crippen molar-refractivity contribution in [1.82, 2.24) is 15.5 Å². The second-order valence-electron chi connectivity index (χ2n) is 5.13. The summed E-state index contributed by atoms with van der Waals surface area (Å²) in [5.74, 6) is 0.641. The monoisotopic (exact) mass is 486 g/mol. The number of carbonyl (C=O) groups is 1. The summed E-state index contributed by atoms with van der Waals surface area (Å²) in [6.45, 7) is 4.18. The van der Waals surface area contributed by atoms with Gasteiger partial charge in [0.15, 0.2) is 5.96 Å². The van der Waals surface area contributed by atoms with E-state index in [1.54, 1.807) is 25.2 Å². The number of unbranched alkanes of at least 4 members (excludes halogenated alkanes) is 1. The smallest absolute Gasteiger partial charge is 0.251 e. The number of nitrogens with zero attached hydrogens (tertiary/aromatic N) is 2. The third-order valence-corrected chi connectivity index (χ3v) is 4.03. The lowest BCUT2D eigenvalue weighted by Gasteiger charge is -2.21. The number of hydrogen-bond donors (Lipinski definition) is 2. The van der Waals surface area contributed by atoms with E-state index in [9.17, 15) is 4.79 Å². The minimum atomic E-state index is -0.181. The molecule has 2 N–H and O–H groups in total. The van der Waals surface area contributed by atoms with E-state index < -0.39 is 0 Å². The molecule has 0 fully saturated rings. The van der Waals surface area contributed by atoms with Gasteiger partial charge in [0.1, 0.15) is 0 Å².